The summed E-state index contributed by atoms with van der Waals surface area (Å²) in [5, 5.41) is 3.18. The Hall–Kier alpha value is -3.29. The molecule has 0 saturated heterocycles. The van der Waals surface area contributed by atoms with E-state index >= 15 is 0 Å². The maximum absolute atomic E-state index is 13.2. The van der Waals surface area contributed by atoms with Crippen LogP contribution < -0.4 is 11.1 Å². The van der Waals surface area contributed by atoms with Gasteiger partial charge in [-0.3, -0.25) is 4.40 Å². The van der Waals surface area contributed by atoms with Gasteiger partial charge in [-0.15, -0.1) is 0 Å². The van der Waals surface area contributed by atoms with Gasteiger partial charge in [0, 0.05) is 17.8 Å². The highest BCUT2D eigenvalue weighted by Crippen LogP contribution is 2.34. The van der Waals surface area contributed by atoms with E-state index in [9.17, 15) is 13.2 Å². The van der Waals surface area contributed by atoms with Gasteiger partial charge in [0.05, 0.1) is 28.5 Å². The molecule has 2 heterocycles. The number of hydrogen-bond acceptors (Lipinski definition) is 4. The van der Waals surface area contributed by atoms with Crippen molar-refractivity contribution in [3.8, 4) is 11.3 Å². The average Bonchev–Trinajstić information content (AvgIpc) is 3.12. The minimum absolute atomic E-state index is 0.248. The Morgan fingerprint density at radius 2 is 1.93 bits per heavy atom. The van der Waals surface area contributed by atoms with Crippen LogP contribution in [0.3, 0.4) is 0 Å². The Balaban J connectivity index is 2.03. The van der Waals surface area contributed by atoms with Crippen molar-refractivity contribution in [2.45, 2.75) is 26.4 Å². The maximum Gasteiger partial charge on any atom is 0.416 e. The number of alkyl halides is 3. The lowest BCUT2D eigenvalue weighted by Crippen LogP contribution is -2.08. The summed E-state index contributed by atoms with van der Waals surface area (Å²) in [6, 6.07) is 9.21. The number of hydrogen-bond donors (Lipinski definition) is 2. The van der Waals surface area contributed by atoms with E-state index in [-0.39, 0.29) is 5.52 Å². The van der Waals surface area contributed by atoms with Gasteiger partial charge in [-0.1, -0.05) is 13.0 Å². The lowest BCUT2D eigenvalue weighted by molar-refractivity contribution is -0.137. The zero-order valence-electron chi connectivity index (χ0n) is 16.0. The Bertz CT molecular complexity index is 1210. The number of fused-ring (bicyclic) bond motifs is 3. The van der Waals surface area contributed by atoms with Gasteiger partial charge in [-0.2, -0.15) is 13.2 Å². The lowest BCUT2D eigenvalue weighted by Gasteiger charge is -2.13. The molecule has 29 heavy (non-hydrogen) atoms. The van der Waals surface area contributed by atoms with Crippen molar-refractivity contribution >= 4 is 28.2 Å². The molecule has 0 aliphatic carbocycles. The first-order chi connectivity index (χ1) is 13.8. The number of nitrogens with two attached hydrogens (primary N) is 1. The van der Waals surface area contributed by atoms with Crippen molar-refractivity contribution in [1.29, 1.82) is 0 Å². The van der Waals surface area contributed by atoms with E-state index in [2.05, 4.69) is 15.3 Å². The molecule has 8 heteroatoms. The molecule has 0 bridgehead atoms. The topological polar surface area (TPSA) is 68.2 Å². The first-order valence-electron chi connectivity index (χ1n) is 9.28. The fraction of sp³-hybridized carbons (Fsp3) is 0.238. The highest BCUT2D eigenvalue weighted by atomic mass is 19.4. The molecule has 0 unspecified atom stereocenters. The number of aryl methyl sites for hydroxylation is 1. The van der Waals surface area contributed by atoms with Crippen molar-refractivity contribution in [2.75, 3.05) is 17.6 Å². The molecule has 5 nitrogen and oxygen atoms in total. The molecule has 0 fully saturated rings. The van der Waals surface area contributed by atoms with Gasteiger partial charge in [0.15, 0.2) is 11.5 Å². The van der Waals surface area contributed by atoms with Crippen LogP contribution in [0.1, 0.15) is 24.5 Å². The van der Waals surface area contributed by atoms with E-state index in [0.29, 0.717) is 29.2 Å². The van der Waals surface area contributed by atoms with Crippen molar-refractivity contribution in [3.63, 3.8) is 0 Å². The van der Waals surface area contributed by atoms with Crippen LogP contribution in [-0.2, 0) is 6.18 Å². The first kappa shape index (κ1) is 19.0. The zero-order chi connectivity index (χ0) is 20.8. The minimum atomic E-state index is -4.44. The van der Waals surface area contributed by atoms with E-state index in [1.165, 1.54) is 6.07 Å². The Labute approximate surface area is 165 Å². The van der Waals surface area contributed by atoms with E-state index in [1.807, 2.05) is 36.4 Å². The molecule has 150 valence electrons. The molecule has 0 spiro atoms. The molecule has 2 aromatic heterocycles. The van der Waals surface area contributed by atoms with E-state index in [0.717, 1.165) is 35.4 Å². The first-order valence-corrected chi connectivity index (χ1v) is 9.28. The monoisotopic (exact) mass is 399 g/mol. The molecule has 0 amide bonds. The Morgan fingerprint density at radius 3 is 2.62 bits per heavy atom. The van der Waals surface area contributed by atoms with Crippen molar-refractivity contribution in [3.05, 3.63) is 53.7 Å². The quantitative estimate of drug-likeness (QED) is 0.458. The van der Waals surface area contributed by atoms with Gasteiger partial charge in [0.25, 0.3) is 0 Å². The number of imidazole rings is 1. The van der Waals surface area contributed by atoms with Crippen LogP contribution in [0.15, 0.2) is 42.6 Å². The summed E-state index contributed by atoms with van der Waals surface area (Å²) < 4.78 is 41.5. The molecule has 4 rings (SSSR count). The maximum atomic E-state index is 13.2. The Kier molecular flexibility index (Phi) is 4.56. The second-order valence-corrected chi connectivity index (χ2v) is 6.96. The summed E-state index contributed by atoms with van der Waals surface area (Å²) in [4.78, 5) is 8.95. The zero-order valence-corrected chi connectivity index (χ0v) is 16.0. The number of benzene rings is 2. The van der Waals surface area contributed by atoms with Crippen LogP contribution in [0.25, 0.3) is 27.9 Å². The average molecular weight is 399 g/mol. The molecule has 4 aromatic rings. The number of nitrogen functional groups attached to an aromatic ring is 1. The molecule has 3 N–H and O–H groups in total. The summed E-state index contributed by atoms with van der Waals surface area (Å²) in [5.74, 6) is 0.456. The predicted octanol–water partition coefficient (Wildman–Crippen LogP) is 5.28. The SMILES string of the molecule is CCCNc1nc2cc(C(F)(F)F)ccc2n2c(-c3ccc(N)c(C)c3)cnc12. The van der Waals surface area contributed by atoms with Gasteiger partial charge < -0.3 is 11.1 Å². The summed E-state index contributed by atoms with van der Waals surface area (Å²) >= 11 is 0. The van der Waals surface area contributed by atoms with Crippen LogP contribution in [0.2, 0.25) is 0 Å². The molecule has 0 aliphatic rings. The summed E-state index contributed by atoms with van der Waals surface area (Å²) in [6.45, 7) is 4.54. The number of nitrogens with zero attached hydrogens (tertiary/aromatic N) is 3. The summed E-state index contributed by atoms with van der Waals surface area (Å²) in [6.07, 6.45) is -1.89. The predicted molar refractivity (Wildman–Crippen MR) is 109 cm³/mol. The third-order valence-corrected chi connectivity index (χ3v) is 4.86. The fourth-order valence-corrected chi connectivity index (χ4v) is 3.31. The highest BCUT2D eigenvalue weighted by molar-refractivity contribution is 5.87. The van der Waals surface area contributed by atoms with Gasteiger partial charge in [-0.05, 0) is 49.2 Å². The van der Waals surface area contributed by atoms with Gasteiger partial charge in [0.2, 0.25) is 0 Å². The van der Waals surface area contributed by atoms with Crippen LogP contribution in [0.4, 0.5) is 24.7 Å². The van der Waals surface area contributed by atoms with E-state index < -0.39 is 11.7 Å². The summed E-state index contributed by atoms with van der Waals surface area (Å²) in [5.41, 5.74) is 9.79. The third-order valence-electron chi connectivity index (χ3n) is 4.86. The highest BCUT2D eigenvalue weighted by Gasteiger charge is 2.31. The molecular formula is C21H20F3N5. The number of rotatable bonds is 4. The van der Waals surface area contributed by atoms with Gasteiger partial charge in [0.1, 0.15) is 0 Å². The van der Waals surface area contributed by atoms with Crippen LogP contribution >= 0.6 is 0 Å². The molecule has 0 saturated carbocycles. The standard InChI is InChI=1S/C21H20F3N5/c1-3-8-26-19-20-27-11-18(13-4-6-15(25)12(2)9-13)29(20)17-7-5-14(21(22,23)24)10-16(17)28-19/h4-7,9-11H,3,8,25H2,1-2H3,(H,26,28). The minimum Gasteiger partial charge on any atom is -0.399 e. The fourth-order valence-electron chi connectivity index (χ4n) is 3.31. The van der Waals surface area contributed by atoms with Crippen molar-refractivity contribution in [2.24, 2.45) is 0 Å². The number of halogens is 3. The van der Waals surface area contributed by atoms with Crippen LogP contribution in [-0.4, -0.2) is 20.9 Å². The smallest absolute Gasteiger partial charge is 0.399 e. The van der Waals surface area contributed by atoms with Gasteiger partial charge in [-0.25, -0.2) is 9.97 Å². The number of anilines is 2. The largest absolute Gasteiger partial charge is 0.416 e. The Morgan fingerprint density at radius 1 is 1.14 bits per heavy atom. The van der Waals surface area contributed by atoms with Crippen LogP contribution in [0, 0.1) is 6.92 Å². The third kappa shape index (κ3) is 3.35. The number of nitrogens with one attached hydrogen (secondary N) is 1. The normalized spacial score (nSPS) is 12.0. The molecule has 0 atom stereocenters. The summed E-state index contributed by atoms with van der Waals surface area (Å²) in [7, 11) is 0. The molecule has 0 radical (unpaired) electrons. The molecule has 2 aromatic carbocycles. The van der Waals surface area contributed by atoms with E-state index in [1.54, 1.807) is 6.20 Å². The lowest BCUT2D eigenvalue weighted by atomic mass is 10.1. The second kappa shape index (κ2) is 6.95. The van der Waals surface area contributed by atoms with Crippen molar-refractivity contribution in [1.82, 2.24) is 14.4 Å². The second-order valence-electron chi connectivity index (χ2n) is 6.96. The molecule has 0 aliphatic heterocycles. The molecular weight excluding hydrogens is 379 g/mol. The van der Waals surface area contributed by atoms with Crippen LogP contribution in [0.5, 0.6) is 0 Å². The van der Waals surface area contributed by atoms with Crippen molar-refractivity contribution < 1.29 is 13.2 Å². The number of aromatic nitrogens is 3. The van der Waals surface area contributed by atoms with Gasteiger partial charge >= 0.3 is 6.18 Å². The van der Waals surface area contributed by atoms with E-state index in [4.69, 9.17) is 5.73 Å².